The lowest BCUT2D eigenvalue weighted by Gasteiger charge is -2.22. The van der Waals surface area contributed by atoms with Crippen LogP contribution >= 0.6 is 0 Å². The molecule has 1 heterocycles. The maximum Gasteiger partial charge on any atom is 0.256 e. The van der Waals surface area contributed by atoms with Gasteiger partial charge >= 0.3 is 0 Å². The van der Waals surface area contributed by atoms with E-state index in [1.807, 2.05) is 30.3 Å². The monoisotopic (exact) mass is 323 g/mol. The summed E-state index contributed by atoms with van der Waals surface area (Å²) in [7, 11) is 0. The molecule has 1 aliphatic rings. The van der Waals surface area contributed by atoms with Crippen molar-refractivity contribution in [3.05, 3.63) is 42.1 Å². The van der Waals surface area contributed by atoms with E-state index in [4.69, 9.17) is 5.26 Å². The van der Waals surface area contributed by atoms with Crippen LogP contribution in [0.2, 0.25) is 0 Å². The molecular formula is C18H21N5O. The smallest absolute Gasteiger partial charge is 0.256 e. The first-order valence-electron chi connectivity index (χ1n) is 8.31. The second kappa shape index (κ2) is 7.64. The topological polar surface area (TPSA) is 93.6 Å². The molecule has 1 aromatic heterocycles. The normalized spacial score (nSPS) is 15.6. The molecule has 2 aromatic rings. The average Bonchev–Trinajstić information content (AvgIpc) is 3.27. The molecule has 6 nitrogen and oxygen atoms in total. The molecule has 1 saturated carbocycles. The standard InChI is InChI=1S/C18H21N5O/c19-11-10-16(13-6-4-5-7-13)22-18(24)15-12-20-23-17(15)21-14-8-2-1-3-9-14/h1-3,8-9,12-13,16H,4-7,10H2,(H,22,24)(H2,20,21,23). The number of hydrogen-bond acceptors (Lipinski definition) is 4. The number of nitrogens with one attached hydrogen (secondary N) is 3. The van der Waals surface area contributed by atoms with Crippen molar-refractivity contribution in [2.24, 2.45) is 5.92 Å². The van der Waals surface area contributed by atoms with Crippen molar-refractivity contribution in [3.63, 3.8) is 0 Å². The molecule has 3 rings (SSSR count). The van der Waals surface area contributed by atoms with Crippen LogP contribution in [0.15, 0.2) is 36.5 Å². The second-order valence-electron chi connectivity index (χ2n) is 6.14. The summed E-state index contributed by atoms with van der Waals surface area (Å²) in [5.41, 5.74) is 1.33. The van der Waals surface area contributed by atoms with Gasteiger partial charge < -0.3 is 10.6 Å². The highest BCUT2D eigenvalue weighted by Gasteiger charge is 2.27. The Balaban J connectivity index is 1.70. The van der Waals surface area contributed by atoms with Crippen molar-refractivity contribution in [1.29, 1.82) is 5.26 Å². The molecule has 0 radical (unpaired) electrons. The van der Waals surface area contributed by atoms with Gasteiger partial charge in [-0.2, -0.15) is 10.4 Å². The van der Waals surface area contributed by atoms with Gasteiger partial charge in [0.2, 0.25) is 0 Å². The van der Waals surface area contributed by atoms with Crippen LogP contribution < -0.4 is 10.6 Å². The van der Waals surface area contributed by atoms with E-state index in [-0.39, 0.29) is 11.9 Å². The molecule has 1 aliphatic carbocycles. The minimum atomic E-state index is -0.200. The zero-order chi connectivity index (χ0) is 16.8. The minimum absolute atomic E-state index is 0.0931. The molecular weight excluding hydrogens is 302 g/mol. The van der Waals surface area contributed by atoms with Crippen molar-refractivity contribution in [3.8, 4) is 6.07 Å². The number of anilines is 2. The summed E-state index contributed by atoms with van der Waals surface area (Å²) in [6.45, 7) is 0. The van der Waals surface area contributed by atoms with E-state index < -0.39 is 0 Å². The molecule has 0 spiro atoms. The highest BCUT2D eigenvalue weighted by atomic mass is 16.1. The highest BCUT2D eigenvalue weighted by Crippen LogP contribution is 2.29. The third-order valence-corrected chi connectivity index (χ3v) is 4.52. The van der Waals surface area contributed by atoms with E-state index in [2.05, 4.69) is 26.9 Å². The van der Waals surface area contributed by atoms with Crippen LogP contribution in [0.3, 0.4) is 0 Å². The molecule has 124 valence electrons. The van der Waals surface area contributed by atoms with Gasteiger partial charge in [0, 0.05) is 11.7 Å². The number of para-hydroxylation sites is 1. The third-order valence-electron chi connectivity index (χ3n) is 4.52. The molecule has 0 aliphatic heterocycles. The fraction of sp³-hybridized carbons (Fsp3) is 0.389. The number of hydrogen-bond donors (Lipinski definition) is 3. The Kier molecular flexibility index (Phi) is 5.12. The first-order chi connectivity index (χ1) is 11.8. The number of H-pyrrole nitrogens is 1. The van der Waals surface area contributed by atoms with Gasteiger partial charge in [-0.1, -0.05) is 31.0 Å². The number of aromatic nitrogens is 2. The zero-order valence-electron chi connectivity index (χ0n) is 13.5. The number of rotatable bonds is 6. The maximum absolute atomic E-state index is 12.6. The van der Waals surface area contributed by atoms with Crippen LogP contribution in [0.5, 0.6) is 0 Å². The summed E-state index contributed by atoms with van der Waals surface area (Å²) in [5.74, 6) is 0.751. The lowest BCUT2D eigenvalue weighted by atomic mass is 9.95. The van der Waals surface area contributed by atoms with Crippen LogP contribution in [0.4, 0.5) is 11.5 Å². The Morgan fingerprint density at radius 2 is 2.08 bits per heavy atom. The van der Waals surface area contributed by atoms with Crippen molar-refractivity contribution in [2.75, 3.05) is 5.32 Å². The summed E-state index contributed by atoms with van der Waals surface area (Å²) >= 11 is 0. The molecule has 1 unspecified atom stereocenters. The zero-order valence-corrected chi connectivity index (χ0v) is 13.5. The predicted octanol–water partition coefficient (Wildman–Crippen LogP) is 3.36. The van der Waals surface area contributed by atoms with Crippen LogP contribution in [0, 0.1) is 17.2 Å². The average molecular weight is 323 g/mol. The summed E-state index contributed by atoms with van der Waals surface area (Å²) in [6.07, 6.45) is 6.36. The summed E-state index contributed by atoms with van der Waals surface area (Å²) in [5, 5.41) is 22.0. The highest BCUT2D eigenvalue weighted by molar-refractivity contribution is 5.99. The fourth-order valence-electron chi connectivity index (χ4n) is 3.26. The third kappa shape index (κ3) is 3.74. The molecule has 6 heteroatoms. The first kappa shape index (κ1) is 16.1. The molecule has 24 heavy (non-hydrogen) atoms. The van der Waals surface area contributed by atoms with Gasteiger partial charge in [0.1, 0.15) is 11.4 Å². The molecule has 1 atom stereocenters. The van der Waals surface area contributed by atoms with Gasteiger partial charge in [-0.15, -0.1) is 0 Å². The molecule has 1 aromatic carbocycles. The summed E-state index contributed by atoms with van der Waals surface area (Å²) in [4.78, 5) is 12.6. The Labute approximate surface area is 141 Å². The summed E-state index contributed by atoms with van der Waals surface area (Å²) in [6, 6.07) is 11.7. The first-order valence-corrected chi connectivity index (χ1v) is 8.31. The van der Waals surface area contributed by atoms with E-state index in [1.165, 1.54) is 19.0 Å². The number of benzene rings is 1. The van der Waals surface area contributed by atoms with Crippen LogP contribution in [0.25, 0.3) is 0 Å². The van der Waals surface area contributed by atoms with Crippen molar-refractivity contribution in [2.45, 2.75) is 38.1 Å². The van der Waals surface area contributed by atoms with Gasteiger partial charge in [0.05, 0.1) is 18.7 Å². The number of nitrogens with zero attached hydrogens (tertiary/aromatic N) is 2. The quantitative estimate of drug-likeness (QED) is 0.760. The largest absolute Gasteiger partial charge is 0.348 e. The van der Waals surface area contributed by atoms with E-state index in [1.54, 1.807) is 0 Å². The van der Waals surface area contributed by atoms with Crippen LogP contribution in [0.1, 0.15) is 42.5 Å². The van der Waals surface area contributed by atoms with Gasteiger partial charge in [0.15, 0.2) is 0 Å². The molecule has 1 fully saturated rings. The van der Waals surface area contributed by atoms with Crippen molar-refractivity contribution in [1.82, 2.24) is 15.5 Å². The second-order valence-corrected chi connectivity index (χ2v) is 6.14. The van der Waals surface area contributed by atoms with Crippen LogP contribution in [-0.2, 0) is 0 Å². The fourth-order valence-corrected chi connectivity index (χ4v) is 3.26. The van der Waals surface area contributed by atoms with E-state index in [9.17, 15) is 4.79 Å². The van der Waals surface area contributed by atoms with Crippen molar-refractivity contribution < 1.29 is 4.79 Å². The van der Waals surface area contributed by atoms with Gasteiger partial charge in [-0.3, -0.25) is 9.89 Å². The Morgan fingerprint density at radius 3 is 2.79 bits per heavy atom. The van der Waals surface area contributed by atoms with Crippen LogP contribution in [-0.4, -0.2) is 22.1 Å². The van der Waals surface area contributed by atoms with Gasteiger partial charge in [-0.25, -0.2) is 0 Å². The van der Waals surface area contributed by atoms with E-state index in [0.717, 1.165) is 18.5 Å². The SMILES string of the molecule is N#CCC(NC(=O)c1cn[nH]c1Nc1ccccc1)C1CCCC1. The lowest BCUT2D eigenvalue weighted by Crippen LogP contribution is -2.39. The van der Waals surface area contributed by atoms with E-state index in [0.29, 0.717) is 23.7 Å². The Bertz CT molecular complexity index is 713. The number of nitriles is 1. The number of carbonyl (C=O) groups excluding carboxylic acids is 1. The molecule has 0 saturated heterocycles. The minimum Gasteiger partial charge on any atom is -0.348 e. The molecule has 3 N–H and O–H groups in total. The number of amides is 1. The van der Waals surface area contributed by atoms with E-state index >= 15 is 0 Å². The lowest BCUT2D eigenvalue weighted by molar-refractivity contribution is 0.0924. The Hall–Kier alpha value is -2.81. The number of carbonyl (C=O) groups is 1. The summed E-state index contributed by atoms with van der Waals surface area (Å²) < 4.78 is 0. The molecule has 0 bridgehead atoms. The maximum atomic E-state index is 12.6. The van der Waals surface area contributed by atoms with Gasteiger partial charge in [0.25, 0.3) is 5.91 Å². The predicted molar refractivity (Wildman–Crippen MR) is 91.8 cm³/mol. The Morgan fingerprint density at radius 1 is 1.33 bits per heavy atom. The number of aromatic amines is 1. The van der Waals surface area contributed by atoms with Crippen molar-refractivity contribution >= 4 is 17.4 Å². The molecule has 1 amide bonds. The van der Waals surface area contributed by atoms with Gasteiger partial charge in [-0.05, 0) is 30.9 Å².